The maximum absolute atomic E-state index is 13.4. The molecule has 39 heavy (non-hydrogen) atoms. The van der Waals surface area contributed by atoms with Gasteiger partial charge in [0.05, 0.1) is 17.7 Å². The molecule has 206 valence electrons. The molecule has 0 bridgehead atoms. The van der Waals surface area contributed by atoms with Crippen LogP contribution < -0.4 is 10.1 Å². The lowest BCUT2D eigenvalue weighted by Gasteiger charge is -2.26. The summed E-state index contributed by atoms with van der Waals surface area (Å²) in [5.41, 5.74) is 1.96. The van der Waals surface area contributed by atoms with Crippen LogP contribution in [0, 0.1) is 6.92 Å². The van der Waals surface area contributed by atoms with Crippen molar-refractivity contribution >= 4 is 23.2 Å². The fraction of sp³-hybridized carbons (Fsp3) is 0.379. The maximum atomic E-state index is 13.4. The Bertz CT molecular complexity index is 1370. The molecule has 3 aromatic rings. The highest BCUT2D eigenvalue weighted by Gasteiger charge is 2.29. The summed E-state index contributed by atoms with van der Waals surface area (Å²) >= 11 is 1.60. The van der Waals surface area contributed by atoms with Crippen LogP contribution in [0.4, 0.5) is 0 Å². The molecule has 1 aromatic heterocycles. The van der Waals surface area contributed by atoms with E-state index in [1.807, 2.05) is 37.3 Å². The summed E-state index contributed by atoms with van der Waals surface area (Å²) in [5, 5.41) is 24.3. The number of fused-ring (bicyclic) bond motifs is 1. The third kappa shape index (κ3) is 6.19. The zero-order chi connectivity index (χ0) is 27.5. The highest BCUT2D eigenvalue weighted by atomic mass is 32.1. The molecule has 2 aliphatic heterocycles. The van der Waals surface area contributed by atoms with Gasteiger partial charge in [0.1, 0.15) is 23.9 Å². The number of phenols is 2. The number of benzene rings is 2. The summed E-state index contributed by atoms with van der Waals surface area (Å²) in [6.45, 7) is 8.63. The molecule has 0 aliphatic carbocycles. The number of carbonyl (C=O) groups is 2. The third-order valence-electron chi connectivity index (χ3n) is 7.18. The monoisotopic (exact) mass is 550 g/mol. The van der Waals surface area contributed by atoms with E-state index in [9.17, 15) is 19.8 Å². The summed E-state index contributed by atoms with van der Waals surface area (Å²) in [6, 6.07) is 12.2. The molecule has 2 aliphatic rings. The van der Waals surface area contributed by atoms with Crippen molar-refractivity contribution in [3.63, 3.8) is 0 Å². The molecular weight excluding hydrogens is 516 g/mol. The lowest BCUT2D eigenvalue weighted by Crippen LogP contribution is -2.44. The molecule has 0 saturated carbocycles. The van der Waals surface area contributed by atoms with Crippen LogP contribution in [0.25, 0.3) is 0 Å². The second kappa shape index (κ2) is 11.6. The Morgan fingerprint density at radius 2 is 1.74 bits per heavy atom. The standard InChI is InChI=1S/C29H34N4O5S/c1-19-3-6-23(39-19)18-31(2)28(36)24-14-25(27(35)15-26(24)34)29(37)33-16-20-4-5-22(13-21(20)17-33)38-12-11-32-9-7-30-8-10-32/h3-6,13-15,30,34-35H,7-12,16-18H2,1-2H3. The Hall–Kier alpha value is -3.60. The molecule has 1 saturated heterocycles. The SMILES string of the molecule is Cc1ccc(CN(C)C(=O)c2cc(C(=O)N3Cc4ccc(OCCN5CCNCC5)cc4C3)c(O)cc2O)s1. The predicted octanol–water partition coefficient (Wildman–Crippen LogP) is 3.18. The fourth-order valence-electron chi connectivity index (χ4n) is 5.00. The van der Waals surface area contributed by atoms with Crippen LogP contribution in [0.5, 0.6) is 17.2 Å². The first-order valence-corrected chi connectivity index (χ1v) is 13.9. The highest BCUT2D eigenvalue weighted by molar-refractivity contribution is 7.11. The van der Waals surface area contributed by atoms with Gasteiger partial charge in [0.25, 0.3) is 11.8 Å². The molecule has 10 heteroatoms. The van der Waals surface area contributed by atoms with Gasteiger partial charge in [0, 0.05) is 68.7 Å². The number of carbonyl (C=O) groups excluding carboxylic acids is 2. The predicted molar refractivity (Wildman–Crippen MR) is 149 cm³/mol. The normalized spacial score (nSPS) is 15.3. The Balaban J connectivity index is 1.24. The average molecular weight is 551 g/mol. The van der Waals surface area contributed by atoms with Crippen LogP contribution in [0.15, 0.2) is 42.5 Å². The van der Waals surface area contributed by atoms with Gasteiger partial charge >= 0.3 is 0 Å². The van der Waals surface area contributed by atoms with Crippen molar-refractivity contribution in [2.24, 2.45) is 0 Å². The first-order chi connectivity index (χ1) is 18.8. The first kappa shape index (κ1) is 27.0. The number of hydrogen-bond donors (Lipinski definition) is 3. The molecular formula is C29H34N4O5S. The van der Waals surface area contributed by atoms with Gasteiger partial charge in [-0.15, -0.1) is 11.3 Å². The Kier molecular flexibility index (Phi) is 8.06. The summed E-state index contributed by atoms with van der Waals surface area (Å²) in [6.07, 6.45) is 0. The van der Waals surface area contributed by atoms with E-state index >= 15 is 0 Å². The number of hydrogen-bond acceptors (Lipinski definition) is 8. The van der Waals surface area contributed by atoms with Crippen molar-refractivity contribution in [3.05, 3.63) is 74.5 Å². The zero-order valence-corrected chi connectivity index (χ0v) is 23.1. The largest absolute Gasteiger partial charge is 0.507 e. The van der Waals surface area contributed by atoms with Gasteiger partial charge in [-0.25, -0.2) is 0 Å². The van der Waals surface area contributed by atoms with Gasteiger partial charge in [0.2, 0.25) is 0 Å². The van der Waals surface area contributed by atoms with E-state index in [1.54, 1.807) is 23.3 Å². The third-order valence-corrected chi connectivity index (χ3v) is 8.17. The number of ether oxygens (including phenoxy) is 1. The van der Waals surface area contributed by atoms with Crippen molar-refractivity contribution < 1.29 is 24.5 Å². The molecule has 1 fully saturated rings. The van der Waals surface area contributed by atoms with Crippen LogP contribution in [0.2, 0.25) is 0 Å². The topological polar surface area (TPSA) is 106 Å². The number of aromatic hydroxyl groups is 2. The average Bonchev–Trinajstić information content (AvgIpc) is 3.54. The number of phenolic OH excluding ortho intramolecular Hbond substituents is 2. The van der Waals surface area contributed by atoms with Gasteiger partial charge in [-0.2, -0.15) is 0 Å². The van der Waals surface area contributed by atoms with Gasteiger partial charge in [0.15, 0.2) is 0 Å². The summed E-state index contributed by atoms with van der Waals surface area (Å²) in [5.74, 6) is -0.799. The van der Waals surface area contributed by atoms with Crippen LogP contribution in [0.1, 0.15) is 41.6 Å². The Morgan fingerprint density at radius 1 is 1.00 bits per heavy atom. The van der Waals surface area contributed by atoms with Gasteiger partial charge in [-0.3, -0.25) is 14.5 Å². The summed E-state index contributed by atoms with van der Waals surface area (Å²) in [7, 11) is 1.64. The van der Waals surface area contributed by atoms with E-state index in [-0.39, 0.29) is 22.6 Å². The minimum absolute atomic E-state index is 0.0168. The molecule has 2 aromatic carbocycles. The van der Waals surface area contributed by atoms with Gasteiger partial charge < -0.3 is 30.1 Å². The zero-order valence-electron chi connectivity index (χ0n) is 22.3. The van der Waals surface area contributed by atoms with E-state index in [2.05, 4.69) is 10.2 Å². The molecule has 9 nitrogen and oxygen atoms in total. The van der Waals surface area contributed by atoms with E-state index in [0.29, 0.717) is 26.2 Å². The Morgan fingerprint density at radius 3 is 2.49 bits per heavy atom. The highest BCUT2D eigenvalue weighted by Crippen LogP contribution is 2.33. The fourth-order valence-corrected chi connectivity index (χ4v) is 5.95. The smallest absolute Gasteiger partial charge is 0.258 e. The number of thiophene rings is 1. The van der Waals surface area contributed by atoms with Crippen LogP contribution >= 0.6 is 11.3 Å². The lowest BCUT2D eigenvalue weighted by molar-refractivity contribution is 0.0748. The minimum Gasteiger partial charge on any atom is -0.507 e. The van der Waals surface area contributed by atoms with Crippen molar-refractivity contribution in [1.29, 1.82) is 0 Å². The first-order valence-electron chi connectivity index (χ1n) is 13.1. The second-order valence-corrected chi connectivity index (χ2v) is 11.5. The summed E-state index contributed by atoms with van der Waals surface area (Å²) in [4.78, 5) is 34.2. The van der Waals surface area contributed by atoms with Crippen LogP contribution in [0.3, 0.4) is 0 Å². The van der Waals surface area contributed by atoms with Crippen LogP contribution in [-0.4, -0.2) is 83.1 Å². The van der Waals surface area contributed by atoms with Crippen molar-refractivity contribution in [2.45, 2.75) is 26.6 Å². The van der Waals surface area contributed by atoms with Crippen molar-refractivity contribution in [2.75, 3.05) is 46.4 Å². The van der Waals surface area contributed by atoms with E-state index in [4.69, 9.17) is 4.74 Å². The van der Waals surface area contributed by atoms with E-state index < -0.39 is 11.8 Å². The molecule has 0 atom stereocenters. The van der Waals surface area contributed by atoms with E-state index in [0.717, 1.165) is 65.4 Å². The number of nitrogens with one attached hydrogen (secondary N) is 1. The number of piperazine rings is 1. The molecule has 5 rings (SSSR count). The quantitative estimate of drug-likeness (QED) is 0.396. The summed E-state index contributed by atoms with van der Waals surface area (Å²) < 4.78 is 5.98. The van der Waals surface area contributed by atoms with E-state index in [1.165, 1.54) is 11.0 Å². The molecule has 0 unspecified atom stereocenters. The molecule has 0 spiro atoms. The Labute approximate surface area is 232 Å². The van der Waals surface area contributed by atoms with Gasteiger partial charge in [-0.1, -0.05) is 6.07 Å². The molecule has 3 heterocycles. The number of nitrogens with zero attached hydrogens (tertiary/aromatic N) is 3. The minimum atomic E-state index is -0.431. The molecule has 2 amide bonds. The molecule has 3 N–H and O–H groups in total. The molecule has 0 radical (unpaired) electrons. The second-order valence-electron chi connectivity index (χ2n) is 10.1. The number of amides is 2. The lowest BCUT2D eigenvalue weighted by atomic mass is 10.1. The van der Waals surface area contributed by atoms with Crippen molar-refractivity contribution in [1.82, 2.24) is 20.0 Å². The van der Waals surface area contributed by atoms with Crippen molar-refractivity contribution in [3.8, 4) is 17.2 Å². The van der Waals surface area contributed by atoms with Gasteiger partial charge in [-0.05, 0) is 48.4 Å². The number of rotatable bonds is 8. The maximum Gasteiger partial charge on any atom is 0.258 e. The van der Waals surface area contributed by atoms with Crippen LogP contribution in [-0.2, 0) is 19.6 Å². The number of aryl methyl sites for hydroxylation is 1.